The van der Waals surface area contributed by atoms with E-state index in [9.17, 15) is 19.8 Å². The van der Waals surface area contributed by atoms with Gasteiger partial charge in [0.1, 0.15) is 4.32 Å². The fourth-order valence-electron chi connectivity index (χ4n) is 3.35. The van der Waals surface area contributed by atoms with Gasteiger partial charge >= 0.3 is 5.97 Å². The highest BCUT2D eigenvalue weighted by atomic mass is 32.2. The number of thiocarbonyl (C=S) groups is 1. The van der Waals surface area contributed by atoms with E-state index >= 15 is 0 Å². The van der Waals surface area contributed by atoms with Crippen molar-refractivity contribution in [2.75, 3.05) is 13.7 Å². The lowest BCUT2D eigenvalue weighted by molar-refractivity contribution is -0.146. The average Bonchev–Trinajstić information content (AvgIpc) is 3.02. The number of thioether (sulfide) groups is 1. The summed E-state index contributed by atoms with van der Waals surface area (Å²) in [4.78, 5) is 25.2. The molecular weight excluding hydrogens is 450 g/mol. The quantitative estimate of drug-likeness (QED) is 0.242. The second-order valence-electron chi connectivity index (χ2n) is 7.63. The molecule has 9 heteroatoms. The molecule has 1 fully saturated rings. The molecule has 0 aromatic heterocycles. The molecule has 176 valence electrons. The molecule has 0 spiro atoms. The van der Waals surface area contributed by atoms with Gasteiger partial charge in [0.2, 0.25) is 0 Å². The third kappa shape index (κ3) is 6.95. The van der Waals surface area contributed by atoms with Gasteiger partial charge in [0.05, 0.1) is 24.7 Å². The van der Waals surface area contributed by atoms with Crippen LogP contribution in [0.1, 0.15) is 57.9 Å². The van der Waals surface area contributed by atoms with E-state index in [2.05, 4.69) is 6.92 Å². The first-order valence-corrected chi connectivity index (χ1v) is 12.0. The zero-order valence-electron chi connectivity index (χ0n) is 18.7. The highest BCUT2D eigenvalue weighted by Crippen LogP contribution is 2.36. The first-order chi connectivity index (χ1) is 15.3. The van der Waals surface area contributed by atoms with Crippen molar-refractivity contribution in [2.45, 2.75) is 64.5 Å². The summed E-state index contributed by atoms with van der Waals surface area (Å²) in [5.41, 5.74) is 0.692. The Hall–Kier alpha value is -2.10. The summed E-state index contributed by atoms with van der Waals surface area (Å²) < 4.78 is 11.6. The number of ether oxygens (including phenoxy) is 2. The van der Waals surface area contributed by atoms with Crippen LogP contribution < -0.4 is 9.47 Å². The second kappa shape index (κ2) is 12.8. The number of aliphatic hydroxyl groups is 1. The van der Waals surface area contributed by atoms with Crippen molar-refractivity contribution in [3.63, 3.8) is 0 Å². The fraction of sp³-hybridized carbons (Fsp3) is 0.522. The second-order valence-corrected chi connectivity index (χ2v) is 9.31. The standard InChI is InChI=1S/C23H31NO6S2/c1-4-5-6-7-8-9-15(2)30-18-11-10-16(12-19(18)29-3)13-20-21(26)24(23(31)32-20)17(14-25)22(27)28/h10-13,15,17,25H,4-9,14H2,1-3H3,(H,27,28)/b20-13+/t15-,17-/m0/s1. The number of unbranched alkanes of at least 4 members (excludes halogenated alkanes) is 4. The van der Waals surface area contributed by atoms with Crippen LogP contribution in [-0.4, -0.2) is 57.2 Å². The molecule has 1 aliphatic heterocycles. The molecule has 1 aliphatic rings. The molecule has 1 aromatic carbocycles. The Morgan fingerprint density at radius 2 is 1.97 bits per heavy atom. The van der Waals surface area contributed by atoms with Gasteiger partial charge in [-0.3, -0.25) is 9.69 Å². The van der Waals surface area contributed by atoms with Crippen LogP contribution in [0.2, 0.25) is 0 Å². The number of methoxy groups -OCH3 is 1. The topological polar surface area (TPSA) is 96.3 Å². The minimum atomic E-state index is -1.40. The smallest absolute Gasteiger partial charge is 0.329 e. The predicted molar refractivity (Wildman–Crippen MR) is 130 cm³/mol. The Morgan fingerprint density at radius 3 is 2.59 bits per heavy atom. The molecular formula is C23H31NO6S2. The largest absolute Gasteiger partial charge is 0.493 e. The van der Waals surface area contributed by atoms with Crippen molar-refractivity contribution >= 4 is 46.3 Å². The number of carboxylic acid groups (broad SMARTS) is 1. The Bertz CT molecular complexity index is 857. The molecule has 1 heterocycles. The summed E-state index contributed by atoms with van der Waals surface area (Å²) in [6, 6.07) is 3.96. The fourth-order valence-corrected chi connectivity index (χ4v) is 4.71. The molecule has 7 nitrogen and oxygen atoms in total. The van der Waals surface area contributed by atoms with Crippen molar-refractivity contribution in [2.24, 2.45) is 0 Å². The number of carboxylic acids is 1. The first kappa shape index (κ1) is 26.2. The number of benzene rings is 1. The van der Waals surface area contributed by atoms with Gasteiger partial charge in [0, 0.05) is 0 Å². The van der Waals surface area contributed by atoms with Crippen molar-refractivity contribution in [1.29, 1.82) is 0 Å². The number of carbonyl (C=O) groups is 2. The van der Waals surface area contributed by atoms with Crippen molar-refractivity contribution in [3.05, 3.63) is 28.7 Å². The summed E-state index contributed by atoms with van der Waals surface area (Å²) in [6.07, 6.45) is 8.70. The van der Waals surface area contributed by atoms with E-state index in [0.29, 0.717) is 17.1 Å². The predicted octanol–water partition coefficient (Wildman–Crippen LogP) is 4.47. The number of amides is 1. The van der Waals surface area contributed by atoms with Crippen LogP contribution in [0.5, 0.6) is 11.5 Å². The van der Waals surface area contributed by atoms with E-state index in [1.807, 2.05) is 6.92 Å². The van der Waals surface area contributed by atoms with Gasteiger partial charge < -0.3 is 19.7 Å². The number of nitrogens with zero attached hydrogens (tertiary/aromatic N) is 1. The highest BCUT2D eigenvalue weighted by molar-refractivity contribution is 8.26. The molecule has 2 rings (SSSR count). The zero-order chi connectivity index (χ0) is 23.7. The molecule has 1 aromatic rings. The van der Waals surface area contributed by atoms with Gasteiger partial charge in [-0.25, -0.2) is 4.79 Å². The summed E-state index contributed by atoms with van der Waals surface area (Å²) in [7, 11) is 1.56. The Morgan fingerprint density at radius 1 is 1.25 bits per heavy atom. The van der Waals surface area contributed by atoms with Gasteiger partial charge in [-0.15, -0.1) is 0 Å². The van der Waals surface area contributed by atoms with E-state index in [1.54, 1.807) is 31.4 Å². The maximum atomic E-state index is 12.7. The minimum Gasteiger partial charge on any atom is -0.493 e. The normalized spacial score (nSPS) is 17.0. The lowest BCUT2D eigenvalue weighted by atomic mass is 10.1. The molecule has 1 saturated heterocycles. The number of rotatable bonds is 13. The van der Waals surface area contributed by atoms with Crippen LogP contribution >= 0.6 is 24.0 Å². The van der Waals surface area contributed by atoms with Gasteiger partial charge in [-0.2, -0.15) is 0 Å². The lowest BCUT2D eigenvalue weighted by Crippen LogP contribution is -2.46. The molecule has 0 radical (unpaired) electrons. The molecule has 0 saturated carbocycles. The number of carbonyl (C=O) groups excluding carboxylic acids is 1. The van der Waals surface area contributed by atoms with Gasteiger partial charge in [-0.1, -0.05) is 62.7 Å². The molecule has 0 bridgehead atoms. The van der Waals surface area contributed by atoms with E-state index < -0.39 is 24.5 Å². The SMILES string of the molecule is CCCCCCC[C@H](C)Oc1ccc(/C=C2/SC(=S)N([C@@H](CO)C(=O)O)C2=O)cc1OC. The van der Waals surface area contributed by atoms with Gasteiger partial charge in [0.15, 0.2) is 17.5 Å². The molecule has 2 N–H and O–H groups in total. The minimum absolute atomic E-state index is 0.0547. The van der Waals surface area contributed by atoms with E-state index in [0.717, 1.165) is 29.5 Å². The Balaban J connectivity index is 2.09. The molecule has 32 heavy (non-hydrogen) atoms. The zero-order valence-corrected chi connectivity index (χ0v) is 20.3. The third-order valence-electron chi connectivity index (χ3n) is 5.12. The maximum Gasteiger partial charge on any atom is 0.329 e. The molecule has 2 atom stereocenters. The monoisotopic (exact) mass is 481 g/mol. The van der Waals surface area contributed by atoms with Crippen molar-refractivity contribution in [3.8, 4) is 11.5 Å². The average molecular weight is 482 g/mol. The van der Waals surface area contributed by atoms with Gasteiger partial charge in [0.25, 0.3) is 5.91 Å². The number of hydrogen-bond acceptors (Lipinski definition) is 7. The summed E-state index contributed by atoms with van der Waals surface area (Å²) in [5.74, 6) is -0.680. The molecule has 0 aliphatic carbocycles. The van der Waals surface area contributed by atoms with Crippen LogP contribution in [0.25, 0.3) is 6.08 Å². The summed E-state index contributed by atoms with van der Waals surface area (Å²) >= 11 is 6.16. The Kier molecular flexibility index (Phi) is 10.5. The van der Waals surface area contributed by atoms with E-state index in [1.165, 1.54) is 25.7 Å². The van der Waals surface area contributed by atoms with Crippen LogP contribution in [-0.2, 0) is 9.59 Å². The lowest BCUT2D eigenvalue weighted by Gasteiger charge is -2.20. The van der Waals surface area contributed by atoms with Gasteiger partial charge in [-0.05, 0) is 43.5 Å². The first-order valence-electron chi connectivity index (χ1n) is 10.8. The van der Waals surface area contributed by atoms with Crippen LogP contribution in [0.15, 0.2) is 23.1 Å². The number of hydrogen-bond donors (Lipinski definition) is 2. The maximum absolute atomic E-state index is 12.7. The summed E-state index contributed by atoms with van der Waals surface area (Å²) in [5, 5.41) is 18.6. The number of aliphatic hydroxyl groups excluding tert-OH is 1. The summed E-state index contributed by atoms with van der Waals surface area (Å²) in [6.45, 7) is 3.52. The van der Waals surface area contributed by atoms with E-state index in [4.69, 9.17) is 21.7 Å². The van der Waals surface area contributed by atoms with Crippen LogP contribution in [0, 0.1) is 0 Å². The Labute approximate surface area is 198 Å². The molecule has 1 amide bonds. The third-order valence-corrected chi connectivity index (χ3v) is 6.45. The van der Waals surface area contributed by atoms with Crippen molar-refractivity contribution in [1.82, 2.24) is 4.90 Å². The van der Waals surface area contributed by atoms with E-state index in [-0.39, 0.29) is 15.3 Å². The molecule has 0 unspecified atom stereocenters. The highest BCUT2D eigenvalue weighted by Gasteiger charge is 2.40. The van der Waals surface area contributed by atoms with Crippen LogP contribution in [0.4, 0.5) is 0 Å². The number of aliphatic carboxylic acids is 1. The van der Waals surface area contributed by atoms with Crippen molar-refractivity contribution < 1.29 is 29.3 Å². The van der Waals surface area contributed by atoms with Crippen LogP contribution in [0.3, 0.4) is 0 Å².